The quantitative estimate of drug-likeness (QED) is 0.663. The molecule has 0 bridgehead atoms. The van der Waals surface area contributed by atoms with E-state index in [0.717, 1.165) is 12.8 Å². The lowest BCUT2D eigenvalue weighted by molar-refractivity contribution is -0.135. The van der Waals surface area contributed by atoms with Gasteiger partial charge in [0.05, 0.1) is 12.7 Å². The molecule has 0 heterocycles. The van der Waals surface area contributed by atoms with Crippen LogP contribution in [-0.4, -0.2) is 37.6 Å². The Morgan fingerprint density at radius 1 is 1.60 bits per heavy atom. The predicted octanol–water partition coefficient (Wildman–Crippen LogP) is 1.76. The fraction of sp³-hybridized carbons (Fsp3) is 0.583. The minimum Gasteiger partial charge on any atom is -0.465 e. The Balaban J connectivity index is 2.82. The highest BCUT2D eigenvalue weighted by Crippen LogP contribution is 2.28. The summed E-state index contributed by atoms with van der Waals surface area (Å²) in [5, 5.41) is 0. The van der Waals surface area contributed by atoms with Crippen molar-refractivity contribution in [2.24, 2.45) is 0 Å². The molecule has 3 heteroatoms. The molecule has 0 aromatic rings. The first-order valence-corrected chi connectivity index (χ1v) is 5.21. The SMILES string of the molecule is CCC1(N(C)C)C=CC(C(=O)OC)=CC1. The molecular formula is C12H19NO2. The smallest absolute Gasteiger partial charge is 0.337 e. The largest absolute Gasteiger partial charge is 0.465 e. The maximum absolute atomic E-state index is 11.3. The van der Waals surface area contributed by atoms with Gasteiger partial charge >= 0.3 is 5.97 Å². The van der Waals surface area contributed by atoms with Crippen molar-refractivity contribution in [3.05, 3.63) is 23.8 Å². The molecule has 0 fully saturated rings. The molecule has 15 heavy (non-hydrogen) atoms. The van der Waals surface area contributed by atoms with Crippen molar-refractivity contribution in [3.8, 4) is 0 Å². The number of methoxy groups -OCH3 is 1. The van der Waals surface area contributed by atoms with Crippen molar-refractivity contribution in [1.29, 1.82) is 0 Å². The van der Waals surface area contributed by atoms with E-state index in [9.17, 15) is 4.79 Å². The van der Waals surface area contributed by atoms with E-state index >= 15 is 0 Å². The molecule has 0 saturated heterocycles. The fourth-order valence-corrected chi connectivity index (χ4v) is 1.85. The molecule has 0 aliphatic heterocycles. The second-order valence-electron chi connectivity index (χ2n) is 4.04. The maximum atomic E-state index is 11.3. The molecule has 1 rings (SSSR count). The lowest BCUT2D eigenvalue weighted by Gasteiger charge is -2.37. The Bertz CT molecular complexity index is 305. The van der Waals surface area contributed by atoms with Crippen LogP contribution in [0.2, 0.25) is 0 Å². The number of rotatable bonds is 3. The minimum atomic E-state index is -0.255. The zero-order chi connectivity index (χ0) is 11.5. The summed E-state index contributed by atoms with van der Waals surface area (Å²) in [4.78, 5) is 13.5. The van der Waals surface area contributed by atoms with Crippen LogP contribution in [0.3, 0.4) is 0 Å². The van der Waals surface area contributed by atoms with Crippen LogP contribution in [0.5, 0.6) is 0 Å². The molecule has 0 spiro atoms. The van der Waals surface area contributed by atoms with Crippen molar-refractivity contribution >= 4 is 5.97 Å². The number of carbonyl (C=O) groups is 1. The Morgan fingerprint density at radius 3 is 2.60 bits per heavy atom. The third-order valence-corrected chi connectivity index (χ3v) is 3.17. The van der Waals surface area contributed by atoms with E-state index < -0.39 is 0 Å². The van der Waals surface area contributed by atoms with Crippen molar-refractivity contribution in [1.82, 2.24) is 4.90 Å². The number of nitrogens with zero attached hydrogens (tertiary/aromatic N) is 1. The molecule has 1 atom stereocenters. The summed E-state index contributed by atoms with van der Waals surface area (Å²) in [7, 11) is 5.53. The Morgan fingerprint density at radius 2 is 2.27 bits per heavy atom. The van der Waals surface area contributed by atoms with E-state index in [0.29, 0.717) is 5.57 Å². The molecule has 1 aliphatic rings. The minimum absolute atomic E-state index is 0.0531. The third-order valence-electron chi connectivity index (χ3n) is 3.17. The molecule has 0 N–H and O–H groups in total. The molecule has 0 radical (unpaired) electrons. The van der Waals surface area contributed by atoms with Gasteiger partial charge in [-0.15, -0.1) is 0 Å². The topological polar surface area (TPSA) is 29.5 Å². The Hall–Kier alpha value is -1.09. The average Bonchev–Trinajstić information content (AvgIpc) is 2.28. The van der Waals surface area contributed by atoms with Gasteiger partial charge in [-0.3, -0.25) is 4.90 Å². The average molecular weight is 209 g/mol. The molecule has 0 saturated carbocycles. The van der Waals surface area contributed by atoms with Gasteiger partial charge in [0.25, 0.3) is 0 Å². The van der Waals surface area contributed by atoms with Crippen molar-refractivity contribution in [3.63, 3.8) is 0 Å². The summed E-state index contributed by atoms with van der Waals surface area (Å²) < 4.78 is 4.68. The van der Waals surface area contributed by atoms with E-state index in [1.165, 1.54) is 7.11 Å². The van der Waals surface area contributed by atoms with E-state index in [-0.39, 0.29) is 11.5 Å². The van der Waals surface area contributed by atoms with E-state index in [1.54, 1.807) is 0 Å². The van der Waals surface area contributed by atoms with Gasteiger partial charge in [-0.05, 0) is 26.9 Å². The molecule has 1 unspecified atom stereocenters. The lowest BCUT2D eigenvalue weighted by Crippen LogP contribution is -2.42. The van der Waals surface area contributed by atoms with Crippen molar-refractivity contribution < 1.29 is 9.53 Å². The van der Waals surface area contributed by atoms with Gasteiger partial charge in [0.1, 0.15) is 0 Å². The summed E-state index contributed by atoms with van der Waals surface area (Å²) in [6, 6.07) is 0. The molecule has 0 aromatic heterocycles. The van der Waals surface area contributed by atoms with Crippen LogP contribution >= 0.6 is 0 Å². The number of ether oxygens (including phenoxy) is 1. The van der Waals surface area contributed by atoms with Gasteiger partial charge in [0, 0.05) is 5.54 Å². The van der Waals surface area contributed by atoms with Crippen LogP contribution in [0.4, 0.5) is 0 Å². The van der Waals surface area contributed by atoms with Gasteiger partial charge in [0.15, 0.2) is 0 Å². The highest BCUT2D eigenvalue weighted by Gasteiger charge is 2.29. The second kappa shape index (κ2) is 4.62. The van der Waals surface area contributed by atoms with Crippen molar-refractivity contribution in [2.45, 2.75) is 25.3 Å². The van der Waals surface area contributed by atoms with E-state index in [1.807, 2.05) is 12.2 Å². The van der Waals surface area contributed by atoms with Crippen LogP contribution in [0.1, 0.15) is 19.8 Å². The number of hydrogen-bond acceptors (Lipinski definition) is 3. The first-order chi connectivity index (χ1) is 7.05. The second-order valence-corrected chi connectivity index (χ2v) is 4.04. The van der Waals surface area contributed by atoms with E-state index in [4.69, 9.17) is 0 Å². The first-order valence-electron chi connectivity index (χ1n) is 5.21. The van der Waals surface area contributed by atoms with Crippen LogP contribution < -0.4 is 0 Å². The summed E-state index contributed by atoms with van der Waals surface area (Å²) in [6.07, 6.45) is 7.80. The van der Waals surface area contributed by atoms with Crippen LogP contribution in [0.15, 0.2) is 23.8 Å². The molecular weight excluding hydrogens is 190 g/mol. The lowest BCUT2D eigenvalue weighted by atomic mass is 9.85. The Kier molecular flexibility index (Phi) is 3.69. The number of hydrogen-bond donors (Lipinski definition) is 0. The highest BCUT2D eigenvalue weighted by atomic mass is 16.5. The van der Waals surface area contributed by atoms with Crippen LogP contribution in [0, 0.1) is 0 Å². The van der Waals surface area contributed by atoms with Gasteiger partial charge in [-0.1, -0.05) is 25.2 Å². The highest BCUT2D eigenvalue weighted by molar-refractivity contribution is 5.91. The monoisotopic (exact) mass is 209 g/mol. The van der Waals surface area contributed by atoms with Gasteiger partial charge in [0.2, 0.25) is 0 Å². The first kappa shape index (κ1) is 12.0. The summed E-state index contributed by atoms with van der Waals surface area (Å²) >= 11 is 0. The molecule has 0 aromatic carbocycles. The van der Waals surface area contributed by atoms with Gasteiger partial charge in [-0.2, -0.15) is 0 Å². The van der Waals surface area contributed by atoms with Gasteiger partial charge < -0.3 is 4.74 Å². The normalized spacial score (nSPS) is 25.3. The zero-order valence-electron chi connectivity index (χ0n) is 9.91. The molecule has 3 nitrogen and oxygen atoms in total. The number of carbonyl (C=O) groups excluding carboxylic acids is 1. The van der Waals surface area contributed by atoms with Crippen LogP contribution in [-0.2, 0) is 9.53 Å². The van der Waals surface area contributed by atoms with Crippen LogP contribution in [0.25, 0.3) is 0 Å². The zero-order valence-corrected chi connectivity index (χ0v) is 9.91. The maximum Gasteiger partial charge on any atom is 0.337 e. The molecule has 1 aliphatic carbocycles. The fourth-order valence-electron chi connectivity index (χ4n) is 1.85. The molecule has 84 valence electrons. The summed E-state index contributed by atoms with van der Waals surface area (Å²) in [5.74, 6) is -0.255. The third kappa shape index (κ3) is 2.29. The number of likely N-dealkylation sites (N-methyl/N-ethyl adjacent to an activating group) is 1. The number of esters is 1. The van der Waals surface area contributed by atoms with Gasteiger partial charge in [-0.25, -0.2) is 4.79 Å². The predicted molar refractivity (Wildman–Crippen MR) is 60.6 cm³/mol. The Labute approximate surface area is 91.4 Å². The standard InChI is InChI=1S/C12H19NO2/c1-5-12(13(2)3)8-6-10(7-9-12)11(14)15-4/h6-8H,5,9H2,1-4H3. The van der Waals surface area contributed by atoms with E-state index in [2.05, 4.69) is 36.7 Å². The van der Waals surface area contributed by atoms with Crippen molar-refractivity contribution in [2.75, 3.05) is 21.2 Å². The molecule has 0 amide bonds. The summed E-state index contributed by atoms with van der Waals surface area (Å²) in [5.41, 5.74) is 0.709. The summed E-state index contributed by atoms with van der Waals surface area (Å²) in [6.45, 7) is 2.15.